The quantitative estimate of drug-likeness (QED) is 0.492. The van der Waals surface area contributed by atoms with Crippen molar-refractivity contribution >= 4 is 5.71 Å². The minimum absolute atomic E-state index is 0.592. The number of rotatable bonds is 0. The van der Waals surface area contributed by atoms with Crippen LogP contribution >= 0.6 is 0 Å². The molecule has 3 aliphatic rings. The van der Waals surface area contributed by atoms with Gasteiger partial charge in [0.15, 0.2) is 0 Å². The first-order valence-electron chi connectivity index (χ1n) is 5.14. The van der Waals surface area contributed by atoms with Crippen LogP contribution in [0.1, 0.15) is 44.9 Å². The maximum absolute atomic E-state index is 7.93. The highest BCUT2D eigenvalue weighted by atomic mass is 15.3. The highest BCUT2D eigenvalue weighted by Crippen LogP contribution is 2.51. The number of nitrogens with zero attached hydrogens (tertiary/aromatic N) is 1. The van der Waals surface area contributed by atoms with Crippen molar-refractivity contribution in [1.82, 2.24) is 0 Å². The van der Waals surface area contributed by atoms with Gasteiger partial charge >= 0.3 is 0 Å². The van der Waals surface area contributed by atoms with Crippen LogP contribution in [0.25, 0.3) is 5.84 Å². The molecular formula is C10H16N2. The van der Waals surface area contributed by atoms with Crippen molar-refractivity contribution < 1.29 is 4.68 Å². The molecule has 66 valence electrons. The van der Waals surface area contributed by atoms with Crippen molar-refractivity contribution in [3.05, 3.63) is 5.84 Å². The Morgan fingerprint density at radius 3 is 3.25 bits per heavy atom. The molecule has 0 aromatic heterocycles. The van der Waals surface area contributed by atoms with E-state index in [1.54, 1.807) is 0 Å². The molecule has 2 saturated carbocycles. The summed E-state index contributed by atoms with van der Waals surface area (Å²) in [5, 5.41) is 0. The smallest absolute Gasteiger partial charge is 0.148 e. The van der Waals surface area contributed by atoms with Gasteiger partial charge in [0.25, 0.3) is 0 Å². The van der Waals surface area contributed by atoms with Gasteiger partial charge in [0.1, 0.15) is 11.8 Å². The molecule has 0 radical (unpaired) electrons. The molecule has 2 unspecified atom stereocenters. The van der Waals surface area contributed by atoms with E-state index in [1.807, 2.05) is 4.68 Å². The fraction of sp³-hybridized carbons (Fsp3) is 0.900. The fourth-order valence-corrected chi connectivity index (χ4v) is 3.53. The van der Waals surface area contributed by atoms with E-state index in [2.05, 4.69) is 0 Å². The third kappa shape index (κ3) is 0.732. The zero-order chi connectivity index (χ0) is 8.18. The summed E-state index contributed by atoms with van der Waals surface area (Å²) in [5.74, 6) is 7.93. The van der Waals surface area contributed by atoms with Gasteiger partial charge in [-0.25, -0.2) is 0 Å². The standard InChI is InChI=1S/C10H16N2/c11-12-8-2-1-4-10(6-8)5-3-9(12)7-10/h9,11H,1-7H2. The first kappa shape index (κ1) is 6.93. The molecule has 3 rings (SSSR count). The maximum atomic E-state index is 7.93. The lowest BCUT2D eigenvalue weighted by Crippen LogP contribution is -2.38. The second-order valence-electron chi connectivity index (χ2n) is 4.86. The molecule has 2 heteroatoms. The van der Waals surface area contributed by atoms with E-state index >= 15 is 0 Å². The zero-order valence-corrected chi connectivity index (χ0v) is 7.47. The highest BCUT2D eigenvalue weighted by molar-refractivity contribution is 5.82. The van der Waals surface area contributed by atoms with Gasteiger partial charge in [-0.1, -0.05) is 0 Å². The van der Waals surface area contributed by atoms with Crippen LogP contribution in [-0.4, -0.2) is 16.4 Å². The van der Waals surface area contributed by atoms with Gasteiger partial charge in [-0.15, -0.1) is 0 Å². The summed E-state index contributed by atoms with van der Waals surface area (Å²) >= 11 is 0. The first-order chi connectivity index (χ1) is 5.79. The van der Waals surface area contributed by atoms with Gasteiger partial charge in [-0.05, 0) is 24.7 Å². The van der Waals surface area contributed by atoms with Crippen molar-refractivity contribution in [3.63, 3.8) is 0 Å². The first-order valence-corrected chi connectivity index (χ1v) is 5.14. The Hall–Kier alpha value is -0.530. The molecule has 2 nitrogen and oxygen atoms in total. The lowest BCUT2D eigenvalue weighted by molar-refractivity contribution is -0.509. The van der Waals surface area contributed by atoms with Gasteiger partial charge in [0, 0.05) is 25.7 Å². The molecule has 3 bridgehead atoms. The van der Waals surface area contributed by atoms with Crippen LogP contribution in [0.4, 0.5) is 0 Å². The van der Waals surface area contributed by atoms with E-state index in [0.717, 1.165) is 0 Å². The van der Waals surface area contributed by atoms with Crippen LogP contribution in [0.2, 0.25) is 0 Å². The maximum Gasteiger partial charge on any atom is 0.148 e. The lowest BCUT2D eigenvalue weighted by Gasteiger charge is -2.37. The monoisotopic (exact) mass is 164 g/mol. The molecule has 0 saturated heterocycles. The van der Waals surface area contributed by atoms with Crippen LogP contribution < -0.4 is 0 Å². The second-order valence-corrected chi connectivity index (χ2v) is 4.86. The number of fused-ring (bicyclic) bond motifs is 2. The summed E-state index contributed by atoms with van der Waals surface area (Å²) in [5.41, 5.74) is 2.12. The van der Waals surface area contributed by atoms with Gasteiger partial charge in [-0.3, -0.25) is 4.68 Å². The van der Waals surface area contributed by atoms with Crippen molar-refractivity contribution in [3.8, 4) is 0 Å². The van der Waals surface area contributed by atoms with Crippen LogP contribution in [0.15, 0.2) is 0 Å². The third-order valence-electron chi connectivity index (χ3n) is 4.13. The predicted molar refractivity (Wildman–Crippen MR) is 48.1 cm³/mol. The summed E-state index contributed by atoms with van der Waals surface area (Å²) in [7, 11) is 0. The minimum Gasteiger partial charge on any atom is -0.454 e. The van der Waals surface area contributed by atoms with E-state index in [1.165, 1.54) is 50.7 Å². The summed E-state index contributed by atoms with van der Waals surface area (Å²) in [6.45, 7) is 0. The Kier molecular flexibility index (Phi) is 1.18. The molecule has 0 aromatic rings. The molecule has 12 heavy (non-hydrogen) atoms. The van der Waals surface area contributed by atoms with Gasteiger partial charge in [-0.2, -0.15) is 0 Å². The molecule has 1 N–H and O–H groups in total. The largest absolute Gasteiger partial charge is 0.454 e. The fourth-order valence-electron chi connectivity index (χ4n) is 3.53. The Labute approximate surface area is 73.4 Å². The molecule has 1 aliphatic heterocycles. The van der Waals surface area contributed by atoms with Crippen molar-refractivity contribution in [2.45, 2.75) is 51.0 Å². The van der Waals surface area contributed by atoms with Crippen molar-refractivity contribution in [1.29, 1.82) is 0 Å². The SMILES string of the molecule is [NH-][N+]1=C2CCCC3(CCC1C3)C2. The Bertz CT molecular complexity index is 257. The van der Waals surface area contributed by atoms with Crippen LogP contribution in [0.5, 0.6) is 0 Å². The van der Waals surface area contributed by atoms with E-state index in [0.29, 0.717) is 11.5 Å². The highest BCUT2D eigenvalue weighted by Gasteiger charge is 2.49. The van der Waals surface area contributed by atoms with E-state index in [9.17, 15) is 0 Å². The predicted octanol–water partition coefficient (Wildman–Crippen LogP) is 2.53. The third-order valence-corrected chi connectivity index (χ3v) is 4.13. The molecule has 2 atom stereocenters. The molecule has 0 amide bonds. The van der Waals surface area contributed by atoms with Gasteiger partial charge in [0.2, 0.25) is 0 Å². The molecule has 1 spiro atoms. The number of hydrogen-bond acceptors (Lipinski definition) is 0. The molecule has 2 fully saturated rings. The Morgan fingerprint density at radius 1 is 1.42 bits per heavy atom. The summed E-state index contributed by atoms with van der Waals surface area (Å²) in [6, 6.07) is 0.592. The number of nitrogens with one attached hydrogen (secondary N) is 1. The second kappa shape index (κ2) is 2.04. The number of hydrogen-bond donors (Lipinski definition) is 0. The van der Waals surface area contributed by atoms with E-state index in [-0.39, 0.29) is 0 Å². The van der Waals surface area contributed by atoms with Crippen LogP contribution in [0, 0.1) is 5.41 Å². The summed E-state index contributed by atoms with van der Waals surface area (Å²) in [4.78, 5) is 0. The average molecular weight is 164 g/mol. The van der Waals surface area contributed by atoms with Crippen LogP contribution in [0.3, 0.4) is 0 Å². The Morgan fingerprint density at radius 2 is 2.33 bits per heavy atom. The Balaban J connectivity index is 2.07. The molecular weight excluding hydrogens is 148 g/mol. The van der Waals surface area contributed by atoms with E-state index < -0.39 is 0 Å². The van der Waals surface area contributed by atoms with Crippen LogP contribution in [-0.2, 0) is 0 Å². The van der Waals surface area contributed by atoms with E-state index in [4.69, 9.17) is 5.84 Å². The summed E-state index contributed by atoms with van der Waals surface area (Å²) < 4.78 is 1.85. The minimum atomic E-state index is 0.592. The van der Waals surface area contributed by atoms with Gasteiger partial charge in [0.05, 0.1) is 0 Å². The van der Waals surface area contributed by atoms with Gasteiger partial charge < -0.3 is 5.84 Å². The molecule has 2 aliphatic carbocycles. The average Bonchev–Trinajstić information content (AvgIpc) is 2.44. The normalized spacial score (nSPS) is 45.2. The lowest BCUT2D eigenvalue weighted by atomic mass is 9.70. The zero-order valence-electron chi connectivity index (χ0n) is 7.47. The molecule has 1 heterocycles. The van der Waals surface area contributed by atoms with Crippen molar-refractivity contribution in [2.24, 2.45) is 5.41 Å². The summed E-state index contributed by atoms with van der Waals surface area (Å²) in [6.07, 6.45) is 9.26. The topological polar surface area (TPSA) is 26.8 Å². The van der Waals surface area contributed by atoms with Crippen molar-refractivity contribution in [2.75, 3.05) is 0 Å². The molecule has 0 aromatic carbocycles.